The molecule has 0 saturated heterocycles. The van der Waals surface area contributed by atoms with Crippen LogP contribution in [0, 0.1) is 23.0 Å². The van der Waals surface area contributed by atoms with E-state index < -0.39 is 0 Å². The number of nitro groups is 1. The molecule has 1 N–H and O–H groups in total. The van der Waals surface area contributed by atoms with Crippen LogP contribution in [0.2, 0.25) is 0 Å². The molecule has 1 aromatic rings. The first kappa shape index (κ1) is 12.9. The zero-order valence-corrected chi connectivity index (χ0v) is 11.0. The topological polar surface area (TPSA) is 55.2 Å². The van der Waals surface area contributed by atoms with Crippen LogP contribution in [0.5, 0.6) is 0 Å². The van der Waals surface area contributed by atoms with E-state index in [-0.39, 0.29) is 10.6 Å². The summed E-state index contributed by atoms with van der Waals surface area (Å²) in [6.45, 7) is 4.00. The van der Waals surface area contributed by atoms with Crippen LogP contribution in [-0.4, -0.2) is 11.0 Å². The van der Waals surface area contributed by atoms with Crippen molar-refractivity contribution in [3.8, 4) is 0 Å². The monoisotopic (exact) mass is 248 g/mol. The van der Waals surface area contributed by atoms with Crippen LogP contribution in [0.3, 0.4) is 0 Å². The van der Waals surface area contributed by atoms with E-state index in [2.05, 4.69) is 12.2 Å². The Labute approximate surface area is 108 Å². The largest absolute Gasteiger partial charge is 0.377 e. The molecule has 98 valence electrons. The Morgan fingerprint density at radius 2 is 2.06 bits per heavy atom. The molecule has 0 aliphatic heterocycles. The molecular weight excluding hydrogens is 228 g/mol. The van der Waals surface area contributed by atoms with Gasteiger partial charge in [0.1, 0.15) is 5.69 Å². The summed E-state index contributed by atoms with van der Waals surface area (Å²) in [5.74, 6) is 0.644. The second kappa shape index (κ2) is 5.38. The third-order valence-corrected chi connectivity index (χ3v) is 3.84. The molecule has 1 aromatic carbocycles. The number of hydrogen-bond donors (Lipinski definition) is 1. The number of hydrogen-bond acceptors (Lipinski definition) is 3. The summed E-state index contributed by atoms with van der Waals surface area (Å²) in [7, 11) is 0. The fourth-order valence-corrected chi connectivity index (χ4v) is 2.74. The van der Waals surface area contributed by atoms with Crippen LogP contribution in [-0.2, 0) is 0 Å². The van der Waals surface area contributed by atoms with Gasteiger partial charge in [0.15, 0.2) is 0 Å². The first-order chi connectivity index (χ1) is 8.58. The number of nitrogens with zero attached hydrogens (tertiary/aromatic N) is 1. The van der Waals surface area contributed by atoms with E-state index in [1.807, 2.05) is 19.1 Å². The minimum Gasteiger partial charge on any atom is -0.377 e. The summed E-state index contributed by atoms with van der Waals surface area (Å²) in [5.41, 5.74) is 1.74. The summed E-state index contributed by atoms with van der Waals surface area (Å²) in [5, 5.41) is 14.4. The fraction of sp³-hybridized carbons (Fsp3) is 0.571. The molecule has 0 aromatic heterocycles. The SMILES string of the molecule is Cc1ccc(NC(C)C2CCCC2)c([N+](=O)[O-])c1. The highest BCUT2D eigenvalue weighted by Gasteiger charge is 2.23. The summed E-state index contributed by atoms with van der Waals surface area (Å²) in [4.78, 5) is 10.7. The first-order valence-corrected chi connectivity index (χ1v) is 6.59. The van der Waals surface area contributed by atoms with E-state index in [4.69, 9.17) is 0 Å². The molecular formula is C14H20N2O2. The standard InChI is InChI=1S/C14H20N2O2/c1-10-7-8-13(14(9-10)16(17)18)15-11(2)12-5-3-4-6-12/h7-9,11-12,15H,3-6H2,1-2H3. The van der Waals surface area contributed by atoms with Crippen LogP contribution >= 0.6 is 0 Å². The van der Waals surface area contributed by atoms with Crippen molar-refractivity contribution in [1.29, 1.82) is 0 Å². The normalized spacial score (nSPS) is 17.7. The van der Waals surface area contributed by atoms with Crippen molar-refractivity contribution in [3.05, 3.63) is 33.9 Å². The van der Waals surface area contributed by atoms with Crippen LogP contribution in [0.15, 0.2) is 18.2 Å². The lowest BCUT2D eigenvalue weighted by Gasteiger charge is -2.21. The van der Waals surface area contributed by atoms with Crippen molar-refractivity contribution < 1.29 is 4.92 Å². The lowest BCUT2D eigenvalue weighted by Crippen LogP contribution is -2.24. The van der Waals surface area contributed by atoms with Gasteiger partial charge in [-0.25, -0.2) is 0 Å². The van der Waals surface area contributed by atoms with Crippen molar-refractivity contribution in [1.82, 2.24) is 0 Å². The smallest absolute Gasteiger partial charge is 0.292 e. The van der Waals surface area contributed by atoms with Gasteiger partial charge in [0.2, 0.25) is 0 Å². The molecule has 1 saturated carbocycles. The van der Waals surface area contributed by atoms with Crippen molar-refractivity contribution >= 4 is 11.4 Å². The maximum absolute atomic E-state index is 11.0. The highest BCUT2D eigenvalue weighted by Crippen LogP contribution is 2.32. The Morgan fingerprint density at radius 1 is 1.39 bits per heavy atom. The molecule has 0 amide bonds. The number of benzene rings is 1. The zero-order valence-electron chi connectivity index (χ0n) is 11.0. The molecule has 1 unspecified atom stereocenters. The molecule has 1 atom stereocenters. The van der Waals surface area contributed by atoms with Crippen LogP contribution in [0.4, 0.5) is 11.4 Å². The summed E-state index contributed by atoms with van der Waals surface area (Å²) < 4.78 is 0. The maximum Gasteiger partial charge on any atom is 0.292 e. The van der Waals surface area contributed by atoms with Crippen LogP contribution in [0.1, 0.15) is 38.2 Å². The first-order valence-electron chi connectivity index (χ1n) is 6.59. The van der Waals surface area contributed by atoms with Gasteiger partial charge in [-0.2, -0.15) is 0 Å². The Hall–Kier alpha value is -1.58. The summed E-state index contributed by atoms with van der Waals surface area (Å²) in [6, 6.07) is 5.66. The Balaban J connectivity index is 2.15. The molecule has 2 rings (SSSR count). The van der Waals surface area contributed by atoms with Gasteiger partial charge in [0.05, 0.1) is 4.92 Å². The summed E-state index contributed by atoms with van der Waals surface area (Å²) in [6.07, 6.45) is 5.03. The minimum absolute atomic E-state index is 0.180. The fourth-order valence-electron chi connectivity index (χ4n) is 2.74. The average Bonchev–Trinajstić information content (AvgIpc) is 2.84. The molecule has 4 heteroatoms. The van der Waals surface area contributed by atoms with Crippen LogP contribution in [0.25, 0.3) is 0 Å². The predicted octanol–water partition coefficient (Wildman–Crippen LogP) is 3.89. The molecule has 18 heavy (non-hydrogen) atoms. The summed E-state index contributed by atoms with van der Waals surface area (Å²) >= 11 is 0. The van der Waals surface area contributed by atoms with Gasteiger partial charge in [-0.05, 0) is 44.2 Å². The Kier molecular flexibility index (Phi) is 3.84. The number of anilines is 1. The number of rotatable bonds is 4. The molecule has 0 bridgehead atoms. The van der Waals surface area contributed by atoms with Gasteiger partial charge in [0, 0.05) is 12.1 Å². The molecule has 1 aliphatic rings. The number of nitro benzene ring substituents is 1. The second-order valence-electron chi connectivity index (χ2n) is 5.26. The lowest BCUT2D eigenvalue weighted by atomic mass is 9.99. The van der Waals surface area contributed by atoms with Gasteiger partial charge in [-0.1, -0.05) is 18.9 Å². The van der Waals surface area contributed by atoms with E-state index >= 15 is 0 Å². The third kappa shape index (κ3) is 2.81. The van der Waals surface area contributed by atoms with E-state index in [0.717, 1.165) is 5.56 Å². The molecule has 0 radical (unpaired) electrons. The van der Waals surface area contributed by atoms with Crippen molar-refractivity contribution in [2.24, 2.45) is 5.92 Å². The number of aryl methyl sites for hydroxylation is 1. The van der Waals surface area contributed by atoms with Crippen molar-refractivity contribution in [2.75, 3.05) is 5.32 Å². The van der Waals surface area contributed by atoms with Gasteiger partial charge in [0.25, 0.3) is 5.69 Å². The van der Waals surface area contributed by atoms with Gasteiger partial charge in [-0.15, -0.1) is 0 Å². The Morgan fingerprint density at radius 3 is 2.67 bits per heavy atom. The molecule has 0 heterocycles. The van der Waals surface area contributed by atoms with E-state index in [0.29, 0.717) is 17.6 Å². The zero-order chi connectivity index (χ0) is 13.1. The van der Waals surface area contributed by atoms with Crippen molar-refractivity contribution in [2.45, 2.75) is 45.6 Å². The molecule has 1 aliphatic carbocycles. The average molecular weight is 248 g/mol. The van der Waals surface area contributed by atoms with E-state index in [9.17, 15) is 10.1 Å². The lowest BCUT2D eigenvalue weighted by molar-refractivity contribution is -0.384. The molecule has 0 spiro atoms. The second-order valence-corrected chi connectivity index (χ2v) is 5.26. The van der Waals surface area contributed by atoms with E-state index in [1.54, 1.807) is 6.07 Å². The molecule has 1 fully saturated rings. The quantitative estimate of drug-likeness (QED) is 0.649. The van der Waals surface area contributed by atoms with Gasteiger partial charge in [-0.3, -0.25) is 10.1 Å². The highest BCUT2D eigenvalue weighted by atomic mass is 16.6. The van der Waals surface area contributed by atoms with E-state index in [1.165, 1.54) is 25.7 Å². The van der Waals surface area contributed by atoms with Crippen LogP contribution < -0.4 is 5.32 Å². The minimum atomic E-state index is -0.309. The predicted molar refractivity (Wildman–Crippen MR) is 72.9 cm³/mol. The number of nitrogens with one attached hydrogen (secondary N) is 1. The molecule has 4 nitrogen and oxygen atoms in total. The van der Waals surface area contributed by atoms with Gasteiger partial charge < -0.3 is 5.32 Å². The highest BCUT2D eigenvalue weighted by molar-refractivity contribution is 5.62. The maximum atomic E-state index is 11.0. The third-order valence-electron chi connectivity index (χ3n) is 3.84. The van der Waals surface area contributed by atoms with Crippen molar-refractivity contribution in [3.63, 3.8) is 0 Å². The van der Waals surface area contributed by atoms with Gasteiger partial charge >= 0.3 is 0 Å². The Bertz CT molecular complexity index is 439.